The molecule has 0 aliphatic rings. The molecule has 0 atom stereocenters. The summed E-state index contributed by atoms with van der Waals surface area (Å²) in [6, 6.07) is 3.94. The Balaban J connectivity index is 1.87. The summed E-state index contributed by atoms with van der Waals surface area (Å²) in [4.78, 5) is 5.50. The maximum Gasteiger partial charge on any atom is 0.203 e. The Labute approximate surface area is 116 Å². The van der Waals surface area contributed by atoms with Gasteiger partial charge in [-0.2, -0.15) is 0 Å². The lowest BCUT2D eigenvalue weighted by Gasteiger charge is -2.08. The van der Waals surface area contributed by atoms with Crippen molar-refractivity contribution in [1.82, 2.24) is 9.55 Å². The highest BCUT2D eigenvalue weighted by Gasteiger charge is 2.03. The standard InChI is InChI=1S/C12H16ClN3OS/c1-17-8-2-6-16-7-5-14-12(16)15-9-10-3-4-11(13)18-10/h3-5,7H,2,6,8-9H2,1H3,(H,14,15). The molecular weight excluding hydrogens is 270 g/mol. The largest absolute Gasteiger partial charge is 0.385 e. The van der Waals surface area contributed by atoms with E-state index in [4.69, 9.17) is 16.3 Å². The lowest BCUT2D eigenvalue weighted by Crippen LogP contribution is -2.07. The number of aromatic nitrogens is 2. The van der Waals surface area contributed by atoms with Crippen molar-refractivity contribution in [1.29, 1.82) is 0 Å². The molecule has 2 heterocycles. The van der Waals surface area contributed by atoms with Crippen LogP contribution >= 0.6 is 22.9 Å². The highest BCUT2D eigenvalue weighted by atomic mass is 35.5. The molecule has 6 heteroatoms. The van der Waals surface area contributed by atoms with E-state index in [-0.39, 0.29) is 0 Å². The van der Waals surface area contributed by atoms with Gasteiger partial charge < -0.3 is 14.6 Å². The van der Waals surface area contributed by atoms with Gasteiger partial charge in [-0.05, 0) is 18.6 Å². The number of nitrogens with zero attached hydrogens (tertiary/aromatic N) is 2. The number of hydrogen-bond acceptors (Lipinski definition) is 4. The summed E-state index contributed by atoms with van der Waals surface area (Å²) in [6.07, 6.45) is 4.75. The Hall–Kier alpha value is -1.04. The first-order valence-electron chi connectivity index (χ1n) is 5.78. The molecule has 0 amide bonds. The zero-order valence-electron chi connectivity index (χ0n) is 10.2. The molecule has 2 aromatic heterocycles. The van der Waals surface area contributed by atoms with Crippen molar-refractivity contribution in [3.8, 4) is 0 Å². The summed E-state index contributed by atoms with van der Waals surface area (Å²) < 4.78 is 7.95. The van der Waals surface area contributed by atoms with E-state index in [1.54, 1.807) is 24.6 Å². The zero-order valence-corrected chi connectivity index (χ0v) is 11.8. The monoisotopic (exact) mass is 285 g/mol. The number of hydrogen-bond donors (Lipinski definition) is 1. The second kappa shape index (κ2) is 6.78. The molecule has 0 aliphatic carbocycles. The zero-order chi connectivity index (χ0) is 12.8. The third kappa shape index (κ3) is 3.73. The lowest BCUT2D eigenvalue weighted by atomic mass is 10.4. The molecule has 0 fully saturated rings. The maximum absolute atomic E-state index is 5.89. The fourth-order valence-corrected chi connectivity index (χ4v) is 2.68. The first-order valence-corrected chi connectivity index (χ1v) is 6.97. The van der Waals surface area contributed by atoms with Gasteiger partial charge in [0, 0.05) is 37.5 Å². The van der Waals surface area contributed by atoms with Crippen LogP contribution in [0.5, 0.6) is 0 Å². The van der Waals surface area contributed by atoms with Crippen molar-refractivity contribution in [2.24, 2.45) is 0 Å². The molecule has 98 valence electrons. The lowest BCUT2D eigenvalue weighted by molar-refractivity contribution is 0.190. The summed E-state index contributed by atoms with van der Waals surface area (Å²) >= 11 is 7.48. The van der Waals surface area contributed by atoms with Gasteiger partial charge in [0.15, 0.2) is 0 Å². The summed E-state index contributed by atoms with van der Waals surface area (Å²) in [5.74, 6) is 0.885. The molecule has 4 nitrogen and oxygen atoms in total. The summed E-state index contributed by atoms with van der Waals surface area (Å²) in [5, 5.41) is 3.31. The molecule has 0 radical (unpaired) electrons. The molecule has 0 spiro atoms. The van der Waals surface area contributed by atoms with E-state index in [0.29, 0.717) is 0 Å². The van der Waals surface area contributed by atoms with Crippen LogP contribution in [-0.2, 0) is 17.8 Å². The van der Waals surface area contributed by atoms with E-state index in [1.807, 2.05) is 18.3 Å². The highest BCUT2D eigenvalue weighted by Crippen LogP contribution is 2.22. The average molecular weight is 286 g/mol. The third-order valence-corrected chi connectivity index (χ3v) is 3.74. The molecular formula is C12H16ClN3OS. The molecule has 0 saturated carbocycles. The SMILES string of the molecule is COCCCn1ccnc1NCc1ccc(Cl)s1. The average Bonchev–Trinajstić information content (AvgIpc) is 2.96. The molecule has 2 rings (SSSR count). The van der Waals surface area contributed by atoms with Crippen LogP contribution in [0.1, 0.15) is 11.3 Å². The minimum Gasteiger partial charge on any atom is -0.385 e. The van der Waals surface area contributed by atoms with Crippen molar-refractivity contribution in [3.63, 3.8) is 0 Å². The van der Waals surface area contributed by atoms with Gasteiger partial charge in [0.05, 0.1) is 10.9 Å². The van der Waals surface area contributed by atoms with Gasteiger partial charge in [-0.15, -0.1) is 11.3 Å². The van der Waals surface area contributed by atoms with Gasteiger partial charge in [0.25, 0.3) is 0 Å². The van der Waals surface area contributed by atoms with Crippen molar-refractivity contribution in [2.45, 2.75) is 19.5 Å². The molecule has 0 bridgehead atoms. The number of halogens is 1. The number of thiophene rings is 1. The minimum atomic E-state index is 0.749. The van der Waals surface area contributed by atoms with Crippen LogP contribution in [0.15, 0.2) is 24.5 Å². The van der Waals surface area contributed by atoms with E-state index in [9.17, 15) is 0 Å². The van der Waals surface area contributed by atoms with Crippen LogP contribution in [-0.4, -0.2) is 23.3 Å². The molecule has 1 N–H and O–H groups in total. The topological polar surface area (TPSA) is 39.1 Å². The third-order valence-electron chi connectivity index (χ3n) is 2.51. The quantitative estimate of drug-likeness (QED) is 0.794. The minimum absolute atomic E-state index is 0.749. The Morgan fingerprint density at radius 2 is 2.39 bits per heavy atom. The summed E-state index contributed by atoms with van der Waals surface area (Å²) in [7, 11) is 1.72. The van der Waals surface area contributed by atoms with Gasteiger partial charge in [0.1, 0.15) is 0 Å². The van der Waals surface area contributed by atoms with Gasteiger partial charge >= 0.3 is 0 Å². The van der Waals surface area contributed by atoms with E-state index in [1.165, 1.54) is 4.88 Å². The number of ether oxygens (including phenoxy) is 1. The van der Waals surface area contributed by atoms with Crippen LogP contribution in [0.25, 0.3) is 0 Å². The van der Waals surface area contributed by atoms with Crippen LogP contribution in [0.2, 0.25) is 4.34 Å². The number of nitrogens with one attached hydrogen (secondary N) is 1. The molecule has 0 aromatic carbocycles. The fourth-order valence-electron chi connectivity index (χ4n) is 1.65. The van der Waals surface area contributed by atoms with E-state index in [2.05, 4.69) is 14.9 Å². The van der Waals surface area contributed by atoms with Gasteiger partial charge in [-0.1, -0.05) is 11.6 Å². The second-order valence-electron chi connectivity index (χ2n) is 3.85. The van der Waals surface area contributed by atoms with Crippen molar-refractivity contribution >= 4 is 28.9 Å². The summed E-state index contributed by atoms with van der Waals surface area (Å²) in [6.45, 7) is 2.41. The fraction of sp³-hybridized carbons (Fsp3) is 0.417. The van der Waals surface area contributed by atoms with Crippen molar-refractivity contribution in [2.75, 3.05) is 19.0 Å². The van der Waals surface area contributed by atoms with Crippen LogP contribution in [0, 0.1) is 0 Å². The second-order valence-corrected chi connectivity index (χ2v) is 5.65. The summed E-state index contributed by atoms with van der Waals surface area (Å²) in [5.41, 5.74) is 0. The molecule has 0 unspecified atom stereocenters. The molecule has 2 aromatic rings. The Morgan fingerprint density at radius 1 is 1.50 bits per heavy atom. The van der Waals surface area contributed by atoms with Crippen molar-refractivity contribution in [3.05, 3.63) is 33.7 Å². The van der Waals surface area contributed by atoms with Crippen LogP contribution in [0.3, 0.4) is 0 Å². The first-order chi connectivity index (χ1) is 8.79. The number of anilines is 1. The predicted octanol–water partition coefficient (Wildman–Crippen LogP) is 3.25. The maximum atomic E-state index is 5.89. The predicted molar refractivity (Wildman–Crippen MR) is 75.4 cm³/mol. The molecule has 0 saturated heterocycles. The van der Waals surface area contributed by atoms with Crippen LogP contribution < -0.4 is 5.32 Å². The van der Waals surface area contributed by atoms with E-state index < -0.39 is 0 Å². The smallest absolute Gasteiger partial charge is 0.203 e. The highest BCUT2D eigenvalue weighted by molar-refractivity contribution is 7.16. The van der Waals surface area contributed by atoms with Gasteiger partial charge in [0.2, 0.25) is 5.95 Å². The Kier molecular flexibility index (Phi) is 5.04. The van der Waals surface area contributed by atoms with Crippen molar-refractivity contribution < 1.29 is 4.74 Å². The van der Waals surface area contributed by atoms with Crippen LogP contribution in [0.4, 0.5) is 5.95 Å². The number of imidazole rings is 1. The first kappa shape index (κ1) is 13.4. The molecule has 18 heavy (non-hydrogen) atoms. The Morgan fingerprint density at radius 3 is 3.11 bits per heavy atom. The van der Waals surface area contributed by atoms with Gasteiger partial charge in [-0.25, -0.2) is 4.98 Å². The van der Waals surface area contributed by atoms with E-state index in [0.717, 1.165) is 36.4 Å². The number of aryl methyl sites for hydroxylation is 1. The van der Waals surface area contributed by atoms with E-state index >= 15 is 0 Å². The van der Waals surface area contributed by atoms with Gasteiger partial charge in [-0.3, -0.25) is 0 Å². The molecule has 0 aliphatic heterocycles. The number of rotatable bonds is 7. The normalized spacial score (nSPS) is 10.8. The number of methoxy groups -OCH3 is 1. The Bertz CT molecular complexity index is 483.